The average molecular weight is 293 g/mol. The van der Waals surface area contributed by atoms with Gasteiger partial charge in [-0.1, -0.05) is 0 Å². The highest BCUT2D eigenvalue weighted by atomic mass is 32.2. The van der Waals surface area contributed by atoms with Gasteiger partial charge in [-0.05, 0) is 30.8 Å². The number of amidine groups is 1. The summed E-state index contributed by atoms with van der Waals surface area (Å²) < 4.78 is 9.61. The Labute approximate surface area is 118 Å². The Morgan fingerprint density at radius 1 is 1.55 bits per heavy atom. The highest BCUT2D eigenvalue weighted by molar-refractivity contribution is 8.18. The van der Waals surface area contributed by atoms with E-state index in [1.807, 2.05) is 0 Å². The molecule has 2 rings (SSSR count). The first-order valence-corrected chi connectivity index (χ1v) is 6.37. The number of thioether (sulfide) groups is 1. The molecule has 104 valence electrons. The summed E-state index contributed by atoms with van der Waals surface area (Å²) in [6.45, 7) is 1.73. The summed E-state index contributed by atoms with van der Waals surface area (Å²) in [4.78, 5) is 22.8. The van der Waals surface area contributed by atoms with Crippen molar-refractivity contribution < 1.29 is 18.7 Å². The first kappa shape index (κ1) is 14.1. The van der Waals surface area contributed by atoms with Gasteiger partial charge in [0.2, 0.25) is 0 Å². The lowest BCUT2D eigenvalue weighted by Gasteiger charge is -1.92. The summed E-state index contributed by atoms with van der Waals surface area (Å²) in [6.07, 6.45) is 2.64. The van der Waals surface area contributed by atoms with Gasteiger partial charge in [-0.15, -0.1) is 10.2 Å². The Morgan fingerprint density at radius 3 is 3.00 bits per heavy atom. The van der Waals surface area contributed by atoms with Crippen LogP contribution < -0.4 is 5.32 Å². The Hall–Kier alpha value is -2.35. The van der Waals surface area contributed by atoms with Gasteiger partial charge in [-0.2, -0.15) is 0 Å². The number of amides is 1. The zero-order valence-electron chi connectivity index (χ0n) is 10.7. The molecule has 0 unspecified atom stereocenters. The lowest BCUT2D eigenvalue weighted by molar-refractivity contribution is -0.135. The number of methoxy groups -OCH3 is 1. The van der Waals surface area contributed by atoms with E-state index in [2.05, 4.69) is 20.3 Å². The summed E-state index contributed by atoms with van der Waals surface area (Å²) in [5.74, 6) is -0.418. The number of nitrogens with one attached hydrogen (secondary N) is 1. The molecule has 8 heteroatoms. The monoisotopic (exact) mass is 293 g/mol. The maximum Gasteiger partial charge on any atom is 0.331 e. The van der Waals surface area contributed by atoms with Crippen LogP contribution in [0.5, 0.6) is 0 Å². The number of esters is 1. The molecule has 1 fully saturated rings. The second kappa shape index (κ2) is 6.20. The third-order valence-electron chi connectivity index (χ3n) is 2.27. The number of hydrogen-bond acceptors (Lipinski definition) is 7. The van der Waals surface area contributed by atoms with Gasteiger partial charge in [0.1, 0.15) is 11.5 Å². The molecule has 0 aliphatic carbocycles. The lowest BCUT2D eigenvalue weighted by Crippen LogP contribution is -2.19. The van der Waals surface area contributed by atoms with Gasteiger partial charge in [0.25, 0.3) is 5.91 Å². The van der Waals surface area contributed by atoms with Crippen molar-refractivity contribution in [2.45, 2.75) is 6.92 Å². The number of hydrogen-bond donors (Lipinski definition) is 1. The van der Waals surface area contributed by atoms with Gasteiger partial charge < -0.3 is 9.15 Å². The van der Waals surface area contributed by atoms with E-state index in [0.717, 1.165) is 17.8 Å². The first-order valence-electron chi connectivity index (χ1n) is 5.55. The molecule has 20 heavy (non-hydrogen) atoms. The van der Waals surface area contributed by atoms with E-state index in [-0.39, 0.29) is 10.1 Å². The van der Waals surface area contributed by atoms with Crippen molar-refractivity contribution in [1.29, 1.82) is 0 Å². The molecule has 7 nitrogen and oxygen atoms in total. The van der Waals surface area contributed by atoms with Gasteiger partial charge in [-0.3, -0.25) is 10.1 Å². The van der Waals surface area contributed by atoms with Crippen LogP contribution in [-0.2, 0) is 14.3 Å². The molecule has 0 atom stereocenters. The van der Waals surface area contributed by atoms with Gasteiger partial charge in [-0.25, -0.2) is 4.79 Å². The fraction of sp³-hybridized carbons (Fsp3) is 0.167. The summed E-state index contributed by atoms with van der Waals surface area (Å²) >= 11 is 1.01. The van der Waals surface area contributed by atoms with Gasteiger partial charge in [0.05, 0.1) is 18.3 Å². The van der Waals surface area contributed by atoms with Gasteiger partial charge in [0.15, 0.2) is 5.17 Å². The molecule has 0 spiro atoms. The topological polar surface area (TPSA) is 93.3 Å². The number of nitrogens with zero attached hydrogens (tertiary/aromatic N) is 2. The number of carbonyl (C=O) groups is 2. The highest BCUT2D eigenvalue weighted by Crippen LogP contribution is 2.23. The number of furan rings is 1. The fourth-order valence-corrected chi connectivity index (χ4v) is 2.03. The Balaban J connectivity index is 2.10. The molecule has 0 bridgehead atoms. The van der Waals surface area contributed by atoms with Crippen LogP contribution in [0, 0.1) is 0 Å². The molecule has 1 aliphatic heterocycles. The van der Waals surface area contributed by atoms with Crippen LogP contribution in [0.2, 0.25) is 0 Å². The van der Waals surface area contributed by atoms with E-state index in [9.17, 15) is 9.59 Å². The van der Waals surface area contributed by atoms with Gasteiger partial charge >= 0.3 is 5.97 Å². The molecule has 1 saturated heterocycles. The summed E-state index contributed by atoms with van der Waals surface area (Å²) in [5, 5.41) is 10.6. The van der Waals surface area contributed by atoms with Crippen molar-refractivity contribution in [1.82, 2.24) is 5.32 Å². The number of carbonyl (C=O) groups excluding carboxylic acids is 2. The fourth-order valence-electron chi connectivity index (χ4n) is 1.30. The number of rotatable bonds is 3. The SMILES string of the molecule is COC(=O)/C=C1\S/C(=N\N=C(\C)c2ccco2)NC1=O. The van der Waals surface area contributed by atoms with Crippen molar-refractivity contribution in [2.24, 2.45) is 10.2 Å². The maximum absolute atomic E-state index is 11.6. The standard InChI is InChI=1S/C12H11N3O4S/c1-7(8-4-3-5-19-8)14-15-12-13-11(17)9(20-12)6-10(16)18-2/h3-6H,1-2H3,(H,13,15,17)/b9-6-,14-7-. The van der Waals surface area contributed by atoms with Crippen molar-refractivity contribution >= 4 is 34.5 Å². The first-order chi connectivity index (χ1) is 9.60. The quantitative estimate of drug-likeness (QED) is 0.392. The Kier molecular flexibility index (Phi) is 4.36. The van der Waals surface area contributed by atoms with Crippen LogP contribution in [0.15, 0.2) is 44.0 Å². The summed E-state index contributed by atoms with van der Waals surface area (Å²) in [7, 11) is 1.24. The van der Waals surface area contributed by atoms with Crippen molar-refractivity contribution in [3.05, 3.63) is 35.1 Å². The highest BCUT2D eigenvalue weighted by Gasteiger charge is 2.25. The smallest absolute Gasteiger partial charge is 0.331 e. The maximum atomic E-state index is 11.6. The third-order valence-corrected chi connectivity index (χ3v) is 3.17. The van der Waals surface area contributed by atoms with E-state index < -0.39 is 11.9 Å². The molecule has 1 N–H and O–H groups in total. The van der Waals surface area contributed by atoms with E-state index in [4.69, 9.17) is 4.42 Å². The summed E-state index contributed by atoms with van der Waals surface area (Å²) in [6, 6.07) is 3.49. The molecular weight excluding hydrogens is 282 g/mol. The molecule has 0 aromatic carbocycles. The predicted molar refractivity (Wildman–Crippen MR) is 74.2 cm³/mol. The van der Waals surface area contributed by atoms with E-state index in [1.54, 1.807) is 19.1 Å². The minimum Gasteiger partial charge on any atom is -0.466 e. The van der Waals surface area contributed by atoms with Crippen LogP contribution in [0.1, 0.15) is 12.7 Å². The molecule has 1 aromatic heterocycles. The molecule has 0 radical (unpaired) electrons. The Bertz CT molecular complexity index is 617. The van der Waals surface area contributed by atoms with Crippen molar-refractivity contribution in [2.75, 3.05) is 7.11 Å². The van der Waals surface area contributed by atoms with Crippen LogP contribution >= 0.6 is 11.8 Å². The Morgan fingerprint density at radius 2 is 2.35 bits per heavy atom. The minimum atomic E-state index is -0.598. The van der Waals surface area contributed by atoms with Crippen molar-refractivity contribution in [3.8, 4) is 0 Å². The zero-order valence-corrected chi connectivity index (χ0v) is 11.6. The van der Waals surface area contributed by atoms with Crippen molar-refractivity contribution in [3.63, 3.8) is 0 Å². The molecule has 1 aliphatic rings. The largest absolute Gasteiger partial charge is 0.466 e. The second-order valence-electron chi connectivity index (χ2n) is 3.66. The molecule has 2 heterocycles. The zero-order chi connectivity index (χ0) is 14.5. The van der Waals surface area contributed by atoms with Crippen LogP contribution in [-0.4, -0.2) is 29.9 Å². The van der Waals surface area contributed by atoms with Crippen LogP contribution in [0.3, 0.4) is 0 Å². The predicted octanol–water partition coefficient (Wildman–Crippen LogP) is 1.28. The molecule has 1 aromatic rings. The lowest BCUT2D eigenvalue weighted by atomic mass is 10.3. The second-order valence-corrected chi connectivity index (χ2v) is 4.69. The minimum absolute atomic E-state index is 0.210. The summed E-state index contributed by atoms with van der Waals surface area (Å²) in [5.41, 5.74) is 0.572. The normalized spacial score (nSPS) is 19.5. The third kappa shape index (κ3) is 3.35. The number of ether oxygens (including phenoxy) is 1. The molecule has 0 saturated carbocycles. The van der Waals surface area contributed by atoms with E-state index in [1.165, 1.54) is 13.4 Å². The van der Waals surface area contributed by atoms with Gasteiger partial charge in [0, 0.05) is 6.08 Å². The van der Waals surface area contributed by atoms with Crippen LogP contribution in [0.4, 0.5) is 0 Å². The van der Waals surface area contributed by atoms with E-state index >= 15 is 0 Å². The average Bonchev–Trinajstić information content (AvgIpc) is 3.07. The van der Waals surface area contributed by atoms with Crippen LogP contribution in [0.25, 0.3) is 0 Å². The molecular formula is C12H11N3O4S. The molecule has 1 amide bonds. The van der Waals surface area contributed by atoms with E-state index in [0.29, 0.717) is 11.5 Å².